The van der Waals surface area contributed by atoms with Crippen LogP contribution in [0, 0.1) is 5.92 Å². The predicted molar refractivity (Wildman–Crippen MR) is 83.5 cm³/mol. The van der Waals surface area contributed by atoms with E-state index in [0.29, 0.717) is 17.7 Å². The van der Waals surface area contributed by atoms with E-state index in [-0.39, 0.29) is 30.0 Å². The predicted octanol–water partition coefficient (Wildman–Crippen LogP) is 2.41. The van der Waals surface area contributed by atoms with Crippen LogP contribution in [0.3, 0.4) is 0 Å². The third kappa shape index (κ3) is 4.32. The number of amides is 1. The first kappa shape index (κ1) is 18.6. The summed E-state index contributed by atoms with van der Waals surface area (Å²) >= 11 is 0. The minimum atomic E-state index is -0.434. The zero-order valence-electron chi connectivity index (χ0n) is 12.4. The van der Waals surface area contributed by atoms with Gasteiger partial charge in [0.05, 0.1) is 5.54 Å². The summed E-state index contributed by atoms with van der Waals surface area (Å²) in [6.07, 6.45) is 0. The van der Waals surface area contributed by atoms with Crippen LogP contribution in [0.1, 0.15) is 48.4 Å². The van der Waals surface area contributed by atoms with Crippen LogP contribution in [0.2, 0.25) is 0 Å². The molecule has 20 heavy (non-hydrogen) atoms. The first-order chi connectivity index (χ1) is 8.80. The number of benzene rings is 1. The number of halogens is 1. The average molecular weight is 299 g/mol. The summed E-state index contributed by atoms with van der Waals surface area (Å²) in [7, 11) is 0. The molecule has 1 unspecified atom stereocenters. The van der Waals surface area contributed by atoms with Gasteiger partial charge >= 0.3 is 0 Å². The van der Waals surface area contributed by atoms with E-state index in [0.717, 1.165) is 0 Å². The summed E-state index contributed by atoms with van der Waals surface area (Å²) in [6, 6.07) is 6.63. The Bertz CT molecular complexity index is 471. The number of nitrogens with two attached hydrogens (primary N) is 1. The second kappa shape index (κ2) is 7.41. The molecule has 5 heteroatoms. The maximum atomic E-state index is 12.2. The van der Waals surface area contributed by atoms with Crippen molar-refractivity contribution in [3.05, 3.63) is 35.4 Å². The molecule has 0 heterocycles. The Morgan fingerprint density at radius 2 is 1.65 bits per heavy atom. The third-order valence-electron chi connectivity index (χ3n) is 3.65. The van der Waals surface area contributed by atoms with E-state index in [1.807, 2.05) is 20.8 Å². The van der Waals surface area contributed by atoms with Gasteiger partial charge in [0, 0.05) is 17.7 Å². The van der Waals surface area contributed by atoms with Gasteiger partial charge in [0.25, 0.3) is 5.91 Å². The van der Waals surface area contributed by atoms with E-state index in [9.17, 15) is 9.59 Å². The van der Waals surface area contributed by atoms with Gasteiger partial charge in [-0.2, -0.15) is 0 Å². The Balaban J connectivity index is 0.00000361. The zero-order valence-corrected chi connectivity index (χ0v) is 13.2. The van der Waals surface area contributed by atoms with Crippen LogP contribution in [0.5, 0.6) is 0 Å². The fourth-order valence-electron chi connectivity index (χ4n) is 1.62. The van der Waals surface area contributed by atoms with Crippen LogP contribution in [-0.2, 0) is 0 Å². The summed E-state index contributed by atoms with van der Waals surface area (Å²) in [4.78, 5) is 23.3. The molecular formula is C15H23ClN2O2. The summed E-state index contributed by atoms with van der Waals surface area (Å²) in [5, 5.41) is 2.96. The summed E-state index contributed by atoms with van der Waals surface area (Å²) in [6.45, 7) is 7.85. The Kier molecular flexibility index (Phi) is 6.89. The largest absolute Gasteiger partial charge is 0.345 e. The maximum Gasteiger partial charge on any atom is 0.251 e. The molecule has 4 nitrogen and oxygen atoms in total. The van der Waals surface area contributed by atoms with Gasteiger partial charge in [-0.15, -0.1) is 12.4 Å². The fourth-order valence-corrected chi connectivity index (χ4v) is 1.62. The van der Waals surface area contributed by atoms with Gasteiger partial charge in [-0.25, -0.2) is 0 Å². The van der Waals surface area contributed by atoms with Gasteiger partial charge in [-0.1, -0.05) is 26.0 Å². The van der Waals surface area contributed by atoms with Crippen molar-refractivity contribution in [2.45, 2.75) is 33.2 Å². The van der Waals surface area contributed by atoms with E-state index in [4.69, 9.17) is 5.73 Å². The van der Waals surface area contributed by atoms with Gasteiger partial charge in [0.1, 0.15) is 0 Å². The zero-order chi connectivity index (χ0) is 14.6. The number of rotatable bonds is 5. The van der Waals surface area contributed by atoms with Crippen molar-refractivity contribution in [2.75, 3.05) is 6.54 Å². The molecule has 0 saturated heterocycles. The van der Waals surface area contributed by atoms with Crippen molar-refractivity contribution < 1.29 is 9.59 Å². The van der Waals surface area contributed by atoms with Crippen molar-refractivity contribution in [1.29, 1.82) is 0 Å². The molecule has 0 fully saturated rings. The number of carbonyl (C=O) groups excluding carboxylic acids is 2. The van der Waals surface area contributed by atoms with E-state index in [2.05, 4.69) is 5.32 Å². The van der Waals surface area contributed by atoms with Gasteiger partial charge < -0.3 is 11.1 Å². The fraction of sp³-hybridized carbons (Fsp3) is 0.467. The number of Topliss-reactive ketones (excluding diaryl/α,β-unsaturated/α-hetero) is 1. The lowest BCUT2D eigenvalue weighted by Crippen LogP contribution is -2.55. The molecule has 1 rings (SSSR count). The highest BCUT2D eigenvalue weighted by molar-refractivity contribution is 5.98. The number of carbonyl (C=O) groups is 2. The van der Waals surface area contributed by atoms with E-state index >= 15 is 0 Å². The molecule has 0 aromatic heterocycles. The second-order valence-corrected chi connectivity index (χ2v) is 5.36. The van der Waals surface area contributed by atoms with Crippen molar-refractivity contribution >= 4 is 24.1 Å². The highest BCUT2D eigenvalue weighted by atomic mass is 35.5. The van der Waals surface area contributed by atoms with Gasteiger partial charge in [-0.3, -0.25) is 9.59 Å². The summed E-state index contributed by atoms with van der Waals surface area (Å²) < 4.78 is 0. The molecule has 0 aliphatic heterocycles. The summed E-state index contributed by atoms with van der Waals surface area (Å²) in [5.74, 6) is 0.0515. The van der Waals surface area contributed by atoms with Crippen LogP contribution in [0.25, 0.3) is 0 Å². The standard InChI is InChI=1S/C15H22N2O2.ClH/c1-10(2)15(4,9-16)17-14(19)13-7-5-12(6-8-13)11(3)18;/h5-8,10H,9,16H2,1-4H3,(H,17,19);1H. The maximum absolute atomic E-state index is 12.2. The SMILES string of the molecule is CC(=O)c1ccc(C(=O)NC(C)(CN)C(C)C)cc1.Cl. The first-order valence-corrected chi connectivity index (χ1v) is 6.43. The quantitative estimate of drug-likeness (QED) is 0.820. The molecule has 0 aliphatic carbocycles. The second-order valence-electron chi connectivity index (χ2n) is 5.36. The van der Waals surface area contributed by atoms with Crippen LogP contribution in [-0.4, -0.2) is 23.8 Å². The molecule has 1 aromatic rings. The monoisotopic (exact) mass is 298 g/mol. The van der Waals surface area contributed by atoms with Crippen LogP contribution in [0.4, 0.5) is 0 Å². The van der Waals surface area contributed by atoms with Crippen LogP contribution in [0.15, 0.2) is 24.3 Å². The number of ketones is 1. The van der Waals surface area contributed by atoms with Gasteiger partial charge in [0.2, 0.25) is 0 Å². The third-order valence-corrected chi connectivity index (χ3v) is 3.65. The van der Waals surface area contributed by atoms with Crippen molar-refractivity contribution in [3.8, 4) is 0 Å². The lowest BCUT2D eigenvalue weighted by Gasteiger charge is -2.33. The Morgan fingerprint density at radius 3 is 2.00 bits per heavy atom. The molecule has 0 spiro atoms. The van der Waals surface area contributed by atoms with Crippen LogP contribution < -0.4 is 11.1 Å². The minimum absolute atomic E-state index is 0. The molecule has 1 aromatic carbocycles. The topological polar surface area (TPSA) is 72.2 Å². The number of nitrogens with one attached hydrogen (secondary N) is 1. The van der Waals surface area contributed by atoms with Gasteiger partial charge in [0.15, 0.2) is 5.78 Å². The molecule has 0 bridgehead atoms. The molecule has 0 radical (unpaired) electrons. The van der Waals surface area contributed by atoms with E-state index < -0.39 is 5.54 Å². The highest BCUT2D eigenvalue weighted by Gasteiger charge is 2.28. The number of hydrogen-bond acceptors (Lipinski definition) is 3. The van der Waals surface area contributed by atoms with Crippen molar-refractivity contribution in [1.82, 2.24) is 5.32 Å². The van der Waals surface area contributed by atoms with Gasteiger partial charge in [-0.05, 0) is 31.9 Å². The molecular weight excluding hydrogens is 276 g/mol. The molecule has 0 saturated carbocycles. The van der Waals surface area contributed by atoms with Crippen molar-refractivity contribution in [2.24, 2.45) is 11.7 Å². The molecule has 1 amide bonds. The van der Waals surface area contributed by atoms with Crippen molar-refractivity contribution in [3.63, 3.8) is 0 Å². The molecule has 112 valence electrons. The molecule has 3 N–H and O–H groups in total. The Hall–Kier alpha value is -1.39. The Labute approximate surface area is 126 Å². The first-order valence-electron chi connectivity index (χ1n) is 6.43. The molecule has 0 aliphatic rings. The molecule has 1 atom stereocenters. The normalized spacial score (nSPS) is 13.3. The van der Waals surface area contributed by atoms with E-state index in [1.54, 1.807) is 24.3 Å². The highest BCUT2D eigenvalue weighted by Crippen LogP contribution is 2.16. The van der Waals surface area contributed by atoms with Crippen LogP contribution >= 0.6 is 12.4 Å². The summed E-state index contributed by atoms with van der Waals surface area (Å²) in [5.41, 5.74) is 6.44. The smallest absolute Gasteiger partial charge is 0.251 e. The lowest BCUT2D eigenvalue weighted by atomic mass is 9.88. The Morgan fingerprint density at radius 1 is 1.20 bits per heavy atom. The average Bonchev–Trinajstić information content (AvgIpc) is 2.38. The minimum Gasteiger partial charge on any atom is -0.345 e. The lowest BCUT2D eigenvalue weighted by molar-refractivity contribution is 0.0882. The van der Waals surface area contributed by atoms with E-state index in [1.165, 1.54) is 6.92 Å². The number of hydrogen-bond donors (Lipinski definition) is 2.